The van der Waals surface area contributed by atoms with Crippen LogP contribution in [-0.2, 0) is 0 Å². The second-order valence-corrected chi connectivity index (χ2v) is 7.74. The van der Waals surface area contributed by atoms with Crippen molar-refractivity contribution in [3.8, 4) is 0 Å². The minimum absolute atomic E-state index is 0.490. The van der Waals surface area contributed by atoms with Crippen molar-refractivity contribution in [1.29, 1.82) is 0 Å². The number of rotatable bonds is 5. The van der Waals surface area contributed by atoms with E-state index in [1.807, 2.05) is 25.3 Å². The number of fused-ring (bicyclic) bond motifs is 1. The predicted octanol–water partition coefficient (Wildman–Crippen LogP) is 3.69. The lowest BCUT2D eigenvalue weighted by Gasteiger charge is -2.45. The van der Waals surface area contributed by atoms with Crippen LogP contribution in [0.5, 0.6) is 0 Å². The molecule has 148 valence electrons. The molecule has 2 aromatic rings. The smallest absolute Gasteiger partial charge is 0.245 e. The van der Waals surface area contributed by atoms with Gasteiger partial charge in [-0.1, -0.05) is 25.8 Å². The summed E-state index contributed by atoms with van der Waals surface area (Å²) in [4.78, 5) is 18.4. The Morgan fingerprint density at radius 2 is 2.11 bits per heavy atom. The fourth-order valence-corrected chi connectivity index (χ4v) is 4.31. The van der Waals surface area contributed by atoms with Gasteiger partial charge in [0.15, 0.2) is 5.82 Å². The summed E-state index contributed by atoms with van der Waals surface area (Å²) in [6.07, 6.45) is 11.7. The van der Waals surface area contributed by atoms with Crippen LogP contribution in [0, 0.1) is 0 Å². The van der Waals surface area contributed by atoms with Gasteiger partial charge in [-0.3, -0.25) is 4.98 Å². The van der Waals surface area contributed by atoms with Gasteiger partial charge in [-0.15, -0.1) is 0 Å². The SMILES string of the molecule is CCC1CN(C)c2cnc(N/N=C(\C)c3cccnc3)nc2N1C1CCCC1. The van der Waals surface area contributed by atoms with Gasteiger partial charge in [0.2, 0.25) is 5.95 Å². The van der Waals surface area contributed by atoms with E-state index < -0.39 is 0 Å². The number of aromatic nitrogens is 3. The monoisotopic (exact) mass is 379 g/mol. The molecule has 2 aliphatic rings. The average molecular weight is 380 g/mol. The third kappa shape index (κ3) is 3.66. The van der Waals surface area contributed by atoms with Crippen molar-refractivity contribution in [2.75, 3.05) is 28.8 Å². The molecule has 1 fully saturated rings. The largest absolute Gasteiger partial charge is 0.368 e. The topological polar surface area (TPSA) is 69.5 Å². The van der Waals surface area contributed by atoms with E-state index in [4.69, 9.17) is 4.98 Å². The summed E-state index contributed by atoms with van der Waals surface area (Å²) in [5, 5.41) is 4.46. The minimum atomic E-state index is 0.490. The number of hydrogen-bond donors (Lipinski definition) is 1. The van der Waals surface area contributed by atoms with E-state index in [2.05, 4.69) is 44.3 Å². The van der Waals surface area contributed by atoms with Crippen molar-refractivity contribution in [2.24, 2.45) is 5.10 Å². The number of hydrazone groups is 1. The molecule has 0 bridgehead atoms. The number of hydrogen-bond acceptors (Lipinski definition) is 7. The number of likely N-dealkylation sites (N-methyl/N-ethyl adjacent to an activating group) is 1. The molecule has 1 unspecified atom stereocenters. The normalized spacial score (nSPS) is 20.4. The second kappa shape index (κ2) is 8.12. The van der Waals surface area contributed by atoms with E-state index in [1.54, 1.807) is 12.4 Å². The van der Waals surface area contributed by atoms with Gasteiger partial charge in [-0.2, -0.15) is 10.1 Å². The zero-order chi connectivity index (χ0) is 19.5. The Balaban J connectivity index is 1.62. The lowest BCUT2D eigenvalue weighted by atomic mass is 10.0. The van der Waals surface area contributed by atoms with Crippen LogP contribution in [-0.4, -0.2) is 46.3 Å². The van der Waals surface area contributed by atoms with E-state index in [1.165, 1.54) is 25.7 Å². The molecule has 1 atom stereocenters. The molecule has 1 saturated carbocycles. The highest BCUT2D eigenvalue weighted by Crippen LogP contribution is 2.39. The Bertz CT molecular complexity index is 830. The van der Waals surface area contributed by atoms with Gasteiger partial charge in [0, 0.05) is 43.6 Å². The molecule has 1 aliphatic carbocycles. The highest BCUT2D eigenvalue weighted by atomic mass is 15.4. The molecule has 0 saturated heterocycles. The van der Waals surface area contributed by atoms with Gasteiger partial charge in [0.25, 0.3) is 0 Å². The van der Waals surface area contributed by atoms with Crippen molar-refractivity contribution in [3.05, 3.63) is 36.3 Å². The first-order valence-corrected chi connectivity index (χ1v) is 10.2. The lowest BCUT2D eigenvalue weighted by Crippen LogP contribution is -2.52. The predicted molar refractivity (Wildman–Crippen MR) is 114 cm³/mol. The van der Waals surface area contributed by atoms with Crippen molar-refractivity contribution in [1.82, 2.24) is 15.0 Å². The molecule has 1 N–H and O–H groups in total. The zero-order valence-electron chi connectivity index (χ0n) is 17.0. The fraction of sp³-hybridized carbons (Fsp3) is 0.524. The molecular weight excluding hydrogens is 350 g/mol. The van der Waals surface area contributed by atoms with Crippen LogP contribution in [0.15, 0.2) is 35.8 Å². The van der Waals surface area contributed by atoms with Crippen LogP contribution in [0.25, 0.3) is 0 Å². The van der Waals surface area contributed by atoms with Gasteiger partial charge in [-0.25, -0.2) is 10.4 Å². The first-order chi connectivity index (χ1) is 13.7. The van der Waals surface area contributed by atoms with E-state index in [9.17, 15) is 0 Å². The molecule has 0 aromatic carbocycles. The van der Waals surface area contributed by atoms with Crippen LogP contribution in [0.4, 0.5) is 17.5 Å². The zero-order valence-corrected chi connectivity index (χ0v) is 17.0. The third-order valence-electron chi connectivity index (χ3n) is 5.88. The summed E-state index contributed by atoms with van der Waals surface area (Å²) in [7, 11) is 2.13. The molecule has 3 heterocycles. The quantitative estimate of drug-likeness (QED) is 0.631. The molecule has 0 radical (unpaired) electrons. The summed E-state index contributed by atoms with van der Waals surface area (Å²) < 4.78 is 0. The fourth-order valence-electron chi connectivity index (χ4n) is 4.31. The van der Waals surface area contributed by atoms with Crippen LogP contribution in [0.2, 0.25) is 0 Å². The molecule has 2 aromatic heterocycles. The summed E-state index contributed by atoms with van der Waals surface area (Å²) in [5.41, 5.74) is 5.98. The van der Waals surface area contributed by atoms with Crippen molar-refractivity contribution >= 4 is 23.2 Å². The highest BCUT2D eigenvalue weighted by Gasteiger charge is 2.35. The maximum Gasteiger partial charge on any atom is 0.245 e. The van der Waals surface area contributed by atoms with Crippen molar-refractivity contribution in [3.63, 3.8) is 0 Å². The second-order valence-electron chi connectivity index (χ2n) is 7.74. The van der Waals surface area contributed by atoms with Crippen LogP contribution >= 0.6 is 0 Å². The summed E-state index contributed by atoms with van der Waals surface area (Å²) in [6.45, 7) is 5.25. The molecule has 28 heavy (non-hydrogen) atoms. The molecule has 7 nitrogen and oxygen atoms in total. The highest BCUT2D eigenvalue weighted by molar-refractivity contribution is 5.98. The maximum atomic E-state index is 4.89. The van der Waals surface area contributed by atoms with Crippen molar-refractivity contribution < 1.29 is 0 Å². The average Bonchev–Trinajstić information content (AvgIpc) is 3.26. The number of nitrogens with one attached hydrogen (secondary N) is 1. The number of nitrogens with zero attached hydrogens (tertiary/aromatic N) is 6. The Morgan fingerprint density at radius 3 is 2.82 bits per heavy atom. The van der Waals surface area contributed by atoms with Gasteiger partial charge in [0.1, 0.15) is 0 Å². The maximum absolute atomic E-state index is 4.89. The van der Waals surface area contributed by atoms with Gasteiger partial charge >= 0.3 is 0 Å². The van der Waals surface area contributed by atoms with Crippen molar-refractivity contribution in [2.45, 2.75) is 58.0 Å². The lowest BCUT2D eigenvalue weighted by molar-refractivity contribution is 0.476. The Labute approximate surface area is 166 Å². The first-order valence-electron chi connectivity index (χ1n) is 10.2. The Kier molecular flexibility index (Phi) is 5.41. The molecule has 1 aliphatic heterocycles. The molecule has 0 amide bonds. The Morgan fingerprint density at radius 1 is 1.29 bits per heavy atom. The van der Waals surface area contributed by atoms with Gasteiger partial charge in [-0.05, 0) is 32.3 Å². The molecule has 4 rings (SSSR count). The summed E-state index contributed by atoms with van der Waals surface area (Å²) in [6, 6.07) is 4.97. The standard InChI is InChI=1S/C21H29N7/c1-4-17-14-27(3)19-13-23-21(24-20(19)28(17)18-9-5-6-10-18)26-25-15(2)16-8-7-11-22-12-16/h7-8,11-13,17-18H,4-6,9-10,14H2,1-3H3,(H,23,24,26)/b25-15+. The molecule has 7 heteroatoms. The minimum Gasteiger partial charge on any atom is -0.368 e. The van der Waals surface area contributed by atoms with E-state index in [-0.39, 0.29) is 0 Å². The molecule has 0 spiro atoms. The van der Waals surface area contributed by atoms with Gasteiger partial charge < -0.3 is 9.80 Å². The van der Waals surface area contributed by atoms with Crippen LogP contribution in [0.3, 0.4) is 0 Å². The number of anilines is 3. The summed E-state index contributed by atoms with van der Waals surface area (Å²) in [5.74, 6) is 1.58. The van der Waals surface area contributed by atoms with E-state index >= 15 is 0 Å². The van der Waals surface area contributed by atoms with E-state index in [0.29, 0.717) is 18.0 Å². The first kappa shape index (κ1) is 18.7. The van der Waals surface area contributed by atoms with Crippen LogP contribution < -0.4 is 15.2 Å². The Hall–Kier alpha value is -2.70. The summed E-state index contributed by atoms with van der Waals surface area (Å²) >= 11 is 0. The number of pyridine rings is 1. The molecular formula is C21H29N7. The van der Waals surface area contributed by atoms with Crippen LogP contribution in [0.1, 0.15) is 51.5 Å². The third-order valence-corrected chi connectivity index (χ3v) is 5.88. The van der Waals surface area contributed by atoms with E-state index in [0.717, 1.165) is 35.7 Å². The van der Waals surface area contributed by atoms with Gasteiger partial charge in [0.05, 0.1) is 17.6 Å².